The monoisotopic (exact) mass is 394 g/mol. The molecule has 3 aromatic carbocycles. The lowest BCUT2D eigenvalue weighted by molar-refractivity contribution is 0.282. The van der Waals surface area contributed by atoms with E-state index in [0.29, 0.717) is 12.3 Å². The van der Waals surface area contributed by atoms with E-state index in [-0.39, 0.29) is 18.8 Å². The zero-order chi connectivity index (χ0) is 20.4. The predicted molar refractivity (Wildman–Crippen MR) is 109 cm³/mol. The molecule has 0 amide bonds. The molecule has 148 valence electrons. The van der Waals surface area contributed by atoms with Gasteiger partial charge in [-0.15, -0.1) is 0 Å². The number of ether oxygens (including phenoxy) is 1. The molecule has 0 radical (unpaired) electrons. The van der Waals surface area contributed by atoms with Crippen LogP contribution >= 0.6 is 0 Å². The van der Waals surface area contributed by atoms with Crippen molar-refractivity contribution in [1.29, 1.82) is 0 Å². The van der Waals surface area contributed by atoms with E-state index in [0.717, 1.165) is 28.1 Å². The van der Waals surface area contributed by atoms with Gasteiger partial charge in [0.15, 0.2) is 0 Å². The van der Waals surface area contributed by atoms with Gasteiger partial charge in [-0.25, -0.2) is 13.8 Å². The van der Waals surface area contributed by atoms with Gasteiger partial charge in [0.25, 0.3) is 0 Å². The Hall–Kier alpha value is -3.25. The topological polar surface area (TPSA) is 45.1 Å². The fraction of sp³-hybridized carbons (Fsp3) is 0.174. The summed E-state index contributed by atoms with van der Waals surface area (Å²) in [4.78, 5) is 6.49. The minimum absolute atomic E-state index is 0.0600. The Morgan fingerprint density at radius 3 is 2.59 bits per heavy atom. The Morgan fingerprint density at radius 1 is 1.07 bits per heavy atom. The minimum Gasteiger partial charge on any atom is -0.489 e. The van der Waals surface area contributed by atoms with Gasteiger partial charge in [-0.05, 0) is 36.2 Å². The largest absolute Gasteiger partial charge is 0.489 e. The number of para-hydroxylation sites is 1. The molecule has 1 heterocycles. The second-order valence-electron chi connectivity index (χ2n) is 6.89. The summed E-state index contributed by atoms with van der Waals surface area (Å²) in [6.45, 7) is 2.31. The number of aliphatic imine (C=N–C) groups is 1. The van der Waals surface area contributed by atoms with Gasteiger partial charge in [-0.1, -0.05) is 30.3 Å². The molecular weight excluding hydrogens is 374 g/mol. The molecule has 0 aromatic heterocycles. The molecule has 0 unspecified atom stereocenters. The quantitative estimate of drug-likeness (QED) is 0.661. The number of benzene rings is 3. The first-order valence-electron chi connectivity index (χ1n) is 9.25. The second-order valence-corrected chi connectivity index (χ2v) is 6.89. The molecule has 4 rings (SSSR count). The lowest BCUT2D eigenvalue weighted by Crippen LogP contribution is -2.24. The third-order valence-corrected chi connectivity index (χ3v) is 4.98. The zero-order valence-electron chi connectivity index (χ0n) is 15.9. The van der Waals surface area contributed by atoms with Crippen molar-refractivity contribution in [3.63, 3.8) is 0 Å². The molecule has 29 heavy (non-hydrogen) atoms. The van der Waals surface area contributed by atoms with Crippen molar-refractivity contribution < 1.29 is 18.6 Å². The third kappa shape index (κ3) is 3.84. The van der Waals surface area contributed by atoms with Crippen LogP contribution in [0.3, 0.4) is 0 Å². The van der Waals surface area contributed by atoms with Crippen molar-refractivity contribution in [1.82, 2.24) is 0 Å². The van der Waals surface area contributed by atoms with Crippen LogP contribution in [0.2, 0.25) is 0 Å². The van der Waals surface area contributed by atoms with Crippen LogP contribution < -0.4 is 9.64 Å². The average molecular weight is 394 g/mol. The molecule has 0 aliphatic carbocycles. The van der Waals surface area contributed by atoms with Gasteiger partial charge in [0, 0.05) is 17.3 Å². The summed E-state index contributed by atoms with van der Waals surface area (Å²) in [6, 6.07) is 15.0. The molecule has 1 aliphatic rings. The van der Waals surface area contributed by atoms with E-state index in [9.17, 15) is 13.9 Å². The minimum atomic E-state index is -0.628. The van der Waals surface area contributed by atoms with Gasteiger partial charge < -0.3 is 14.7 Å². The Kier molecular flexibility index (Phi) is 5.27. The molecule has 0 fully saturated rings. The SMILES string of the molecule is Cc1ccc(OCc2c(F)cccc2F)cc1N1C=Nc2c(CO)cccc2C1. The van der Waals surface area contributed by atoms with Crippen LogP contribution in [0.15, 0.2) is 59.6 Å². The molecule has 1 N–H and O–H groups in total. The average Bonchev–Trinajstić information content (AvgIpc) is 2.73. The van der Waals surface area contributed by atoms with Gasteiger partial charge in [0.05, 0.1) is 30.7 Å². The maximum Gasteiger partial charge on any atom is 0.132 e. The highest BCUT2D eigenvalue weighted by molar-refractivity contribution is 5.86. The number of aliphatic hydroxyl groups is 1. The highest BCUT2D eigenvalue weighted by atomic mass is 19.1. The zero-order valence-corrected chi connectivity index (χ0v) is 15.9. The van der Waals surface area contributed by atoms with E-state index in [2.05, 4.69) is 4.99 Å². The van der Waals surface area contributed by atoms with Crippen molar-refractivity contribution in [2.24, 2.45) is 4.99 Å². The van der Waals surface area contributed by atoms with Gasteiger partial charge in [0.2, 0.25) is 0 Å². The van der Waals surface area contributed by atoms with E-state index in [4.69, 9.17) is 4.74 Å². The number of rotatable bonds is 5. The number of hydrogen-bond acceptors (Lipinski definition) is 4. The first-order chi connectivity index (χ1) is 14.1. The van der Waals surface area contributed by atoms with Gasteiger partial charge in [-0.3, -0.25) is 0 Å². The lowest BCUT2D eigenvalue weighted by Gasteiger charge is -2.27. The van der Waals surface area contributed by atoms with Crippen molar-refractivity contribution in [2.45, 2.75) is 26.7 Å². The molecule has 1 aliphatic heterocycles. The summed E-state index contributed by atoms with van der Waals surface area (Å²) in [6.07, 6.45) is 1.73. The standard InChI is InChI=1S/C23H20F2N2O2/c1-15-8-9-18(29-13-19-20(24)6-3-7-21(19)25)10-22(15)27-11-16-4-2-5-17(12-28)23(16)26-14-27/h2-10,14,28H,11-13H2,1H3. The molecular formula is C23H20F2N2O2. The van der Waals surface area contributed by atoms with Crippen LogP contribution in [0.25, 0.3) is 0 Å². The number of hydrogen-bond donors (Lipinski definition) is 1. The van der Waals surface area contributed by atoms with Crippen molar-refractivity contribution in [3.05, 3.63) is 88.5 Å². The van der Waals surface area contributed by atoms with Gasteiger partial charge >= 0.3 is 0 Å². The number of halogens is 2. The van der Waals surface area contributed by atoms with Crippen LogP contribution in [0.5, 0.6) is 5.75 Å². The summed E-state index contributed by atoms with van der Waals surface area (Å²) in [5.74, 6) is -0.745. The van der Waals surface area contributed by atoms with Crippen LogP contribution in [-0.4, -0.2) is 11.4 Å². The van der Waals surface area contributed by atoms with E-state index < -0.39 is 11.6 Å². The van der Waals surface area contributed by atoms with Crippen LogP contribution in [0.1, 0.15) is 22.3 Å². The lowest BCUT2D eigenvalue weighted by atomic mass is 10.1. The first kappa shape index (κ1) is 19.1. The smallest absolute Gasteiger partial charge is 0.132 e. The Morgan fingerprint density at radius 2 is 1.83 bits per heavy atom. The summed E-state index contributed by atoms with van der Waals surface area (Å²) < 4.78 is 33.3. The Labute approximate surface area is 167 Å². The molecule has 0 saturated heterocycles. The number of fused-ring (bicyclic) bond motifs is 1. The molecule has 0 atom stereocenters. The number of aryl methyl sites for hydroxylation is 1. The van der Waals surface area contributed by atoms with Crippen molar-refractivity contribution in [3.8, 4) is 5.75 Å². The van der Waals surface area contributed by atoms with Gasteiger partial charge in [0.1, 0.15) is 24.0 Å². The highest BCUT2D eigenvalue weighted by Crippen LogP contribution is 2.33. The number of anilines is 1. The highest BCUT2D eigenvalue weighted by Gasteiger charge is 2.18. The predicted octanol–water partition coefficient (Wildman–Crippen LogP) is 5.02. The van der Waals surface area contributed by atoms with Crippen LogP contribution in [0.4, 0.5) is 20.2 Å². The summed E-state index contributed by atoms with van der Waals surface area (Å²) >= 11 is 0. The van der Waals surface area contributed by atoms with E-state index >= 15 is 0 Å². The summed E-state index contributed by atoms with van der Waals surface area (Å²) in [5, 5.41) is 9.49. The van der Waals surface area contributed by atoms with Gasteiger partial charge in [-0.2, -0.15) is 0 Å². The Bertz CT molecular complexity index is 1060. The fourth-order valence-corrected chi connectivity index (χ4v) is 3.38. The van der Waals surface area contributed by atoms with E-state index in [1.165, 1.54) is 18.2 Å². The van der Waals surface area contributed by atoms with E-state index in [1.54, 1.807) is 12.4 Å². The summed E-state index contributed by atoms with van der Waals surface area (Å²) in [5.41, 5.74) is 4.41. The normalized spacial score (nSPS) is 12.8. The molecule has 4 nitrogen and oxygen atoms in total. The molecule has 0 spiro atoms. The number of nitrogens with zero attached hydrogens (tertiary/aromatic N) is 2. The van der Waals surface area contributed by atoms with Crippen molar-refractivity contribution >= 4 is 17.7 Å². The van der Waals surface area contributed by atoms with Crippen molar-refractivity contribution in [2.75, 3.05) is 4.90 Å². The fourth-order valence-electron chi connectivity index (χ4n) is 3.38. The summed E-state index contributed by atoms with van der Waals surface area (Å²) in [7, 11) is 0. The maximum absolute atomic E-state index is 13.8. The third-order valence-electron chi connectivity index (χ3n) is 4.98. The molecule has 0 bridgehead atoms. The molecule has 0 saturated carbocycles. The second kappa shape index (κ2) is 8.01. The first-order valence-corrected chi connectivity index (χ1v) is 9.25. The number of aliphatic hydroxyl groups excluding tert-OH is 1. The Balaban J connectivity index is 1.57. The van der Waals surface area contributed by atoms with Crippen LogP contribution in [-0.2, 0) is 19.8 Å². The molecule has 6 heteroatoms. The maximum atomic E-state index is 13.8. The van der Waals surface area contributed by atoms with Crippen LogP contribution in [0, 0.1) is 18.6 Å². The van der Waals surface area contributed by atoms with E-state index in [1.807, 2.05) is 42.2 Å². The molecule has 3 aromatic rings.